The van der Waals surface area contributed by atoms with E-state index in [0.29, 0.717) is 5.89 Å². The fourth-order valence-corrected chi connectivity index (χ4v) is 0.852. The molecule has 1 rings (SSSR count). The standard InChI is InChI=1S/C7H12N2O/c1-2-3-6(8)7-9-4-5-10-7/h4-6H,2-3,8H2,1H3. The smallest absolute Gasteiger partial charge is 0.210 e. The SMILES string of the molecule is CCCC(N)c1ncco1. The fraction of sp³-hybridized carbons (Fsp3) is 0.571. The van der Waals surface area contributed by atoms with Crippen molar-refractivity contribution < 1.29 is 4.42 Å². The molecule has 1 heterocycles. The number of rotatable bonds is 3. The summed E-state index contributed by atoms with van der Waals surface area (Å²) in [4.78, 5) is 3.94. The molecule has 0 spiro atoms. The van der Waals surface area contributed by atoms with Gasteiger partial charge in [-0.25, -0.2) is 4.98 Å². The maximum atomic E-state index is 5.69. The van der Waals surface area contributed by atoms with Crippen LogP contribution in [0.2, 0.25) is 0 Å². The number of hydrogen-bond donors (Lipinski definition) is 1. The highest BCUT2D eigenvalue weighted by Crippen LogP contribution is 2.11. The van der Waals surface area contributed by atoms with Crippen LogP contribution in [0.25, 0.3) is 0 Å². The van der Waals surface area contributed by atoms with Gasteiger partial charge in [0.15, 0.2) is 0 Å². The highest BCUT2D eigenvalue weighted by molar-refractivity contribution is 4.87. The molecule has 0 saturated carbocycles. The summed E-state index contributed by atoms with van der Waals surface area (Å²) in [5.41, 5.74) is 5.69. The molecule has 0 aromatic carbocycles. The third-order valence-corrected chi connectivity index (χ3v) is 1.37. The van der Waals surface area contributed by atoms with Crippen molar-refractivity contribution in [3.63, 3.8) is 0 Å². The minimum Gasteiger partial charge on any atom is -0.447 e. The van der Waals surface area contributed by atoms with Gasteiger partial charge in [-0.05, 0) is 6.42 Å². The molecule has 0 radical (unpaired) electrons. The minimum atomic E-state index is -0.0278. The Hall–Kier alpha value is -0.830. The second-order valence-corrected chi connectivity index (χ2v) is 2.27. The van der Waals surface area contributed by atoms with E-state index in [0.717, 1.165) is 12.8 Å². The molecular weight excluding hydrogens is 128 g/mol. The Morgan fingerprint density at radius 1 is 1.80 bits per heavy atom. The van der Waals surface area contributed by atoms with Gasteiger partial charge in [0.25, 0.3) is 0 Å². The van der Waals surface area contributed by atoms with E-state index < -0.39 is 0 Å². The van der Waals surface area contributed by atoms with Gasteiger partial charge in [-0.2, -0.15) is 0 Å². The zero-order valence-corrected chi connectivity index (χ0v) is 6.08. The molecule has 2 N–H and O–H groups in total. The largest absolute Gasteiger partial charge is 0.447 e. The minimum absolute atomic E-state index is 0.0278. The van der Waals surface area contributed by atoms with Crippen molar-refractivity contribution in [3.8, 4) is 0 Å². The molecule has 0 aliphatic carbocycles. The van der Waals surface area contributed by atoms with E-state index in [-0.39, 0.29) is 6.04 Å². The second-order valence-electron chi connectivity index (χ2n) is 2.27. The van der Waals surface area contributed by atoms with Gasteiger partial charge in [-0.3, -0.25) is 0 Å². The van der Waals surface area contributed by atoms with Crippen LogP contribution in [0.15, 0.2) is 16.9 Å². The molecule has 10 heavy (non-hydrogen) atoms. The zero-order valence-electron chi connectivity index (χ0n) is 6.08. The normalized spacial score (nSPS) is 13.4. The lowest BCUT2D eigenvalue weighted by molar-refractivity contribution is 0.434. The van der Waals surface area contributed by atoms with E-state index in [1.807, 2.05) is 0 Å². The van der Waals surface area contributed by atoms with Crippen molar-refractivity contribution in [2.75, 3.05) is 0 Å². The van der Waals surface area contributed by atoms with Crippen LogP contribution in [0.1, 0.15) is 31.7 Å². The van der Waals surface area contributed by atoms with Gasteiger partial charge in [0.1, 0.15) is 6.26 Å². The number of aromatic nitrogens is 1. The third kappa shape index (κ3) is 1.57. The van der Waals surface area contributed by atoms with Crippen molar-refractivity contribution in [1.29, 1.82) is 0 Å². The molecule has 0 aliphatic rings. The Labute approximate surface area is 60.2 Å². The zero-order chi connectivity index (χ0) is 7.40. The van der Waals surface area contributed by atoms with Crippen LogP contribution in [-0.2, 0) is 0 Å². The summed E-state index contributed by atoms with van der Waals surface area (Å²) < 4.78 is 5.01. The third-order valence-electron chi connectivity index (χ3n) is 1.37. The number of nitrogens with zero attached hydrogens (tertiary/aromatic N) is 1. The van der Waals surface area contributed by atoms with Crippen LogP contribution in [0.5, 0.6) is 0 Å². The Bertz CT molecular complexity index is 172. The van der Waals surface area contributed by atoms with Crippen LogP contribution >= 0.6 is 0 Å². The van der Waals surface area contributed by atoms with Crippen molar-refractivity contribution in [3.05, 3.63) is 18.4 Å². The monoisotopic (exact) mass is 140 g/mol. The predicted octanol–water partition coefficient (Wildman–Crippen LogP) is 1.47. The summed E-state index contributed by atoms with van der Waals surface area (Å²) in [5.74, 6) is 0.641. The number of nitrogens with two attached hydrogens (primary N) is 1. The average molecular weight is 140 g/mol. The van der Waals surface area contributed by atoms with Crippen molar-refractivity contribution >= 4 is 0 Å². The van der Waals surface area contributed by atoms with Gasteiger partial charge in [0, 0.05) is 0 Å². The summed E-state index contributed by atoms with van der Waals surface area (Å²) >= 11 is 0. The molecule has 0 bridgehead atoms. The molecule has 0 fully saturated rings. The van der Waals surface area contributed by atoms with Gasteiger partial charge in [-0.15, -0.1) is 0 Å². The quantitative estimate of drug-likeness (QED) is 0.691. The first-order valence-electron chi connectivity index (χ1n) is 3.49. The van der Waals surface area contributed by atoms with Crippen molar-refractivity contribution in [2.45, 2.75) is 25.8 Å². The molecule has 3 heteroatoms. The molecule has 1 aromatic heterocycles. The molecule has 1 atom stereocenters. The van der Waals surface area contributed by atoms with Gasteiger partial charge in [0.05, 0.1) is 12.2 Å². The van der Waals surface area contributed by atoms with Crippen LogP contribution in [0, 0.1) is 0 Å². The van der Waals surface area contributed by atoms with E-state index >= 15 is 0 Å². The molecule has 56 valence electrons. The Kier molecular flexibility index (Phi) is 2.45. The Morgan fingerprint density at radius 2 is 2.60 bits per heavy atom. The predicted molar refractivity (Wildman–Crippen MR) is 38.3 cm³/mol. The van der Waals surface area contributed by atoms with Crippen LogP contribution in [-0.4, -0.2) is 4.98 Å². The lowest BCUT2D eigenvalue weighted by Gasteiger charge is -2.02. The van der Waals surface area contributed by atoms with Gasteiger partial charge in [-0.1, -0.05) is 13.3 Å². The van der Waals surface area contributed by atoms with Gasteiger partial charge >= 0.3 is 0 Å². The summed E-state index contributed by atoms with van der Waals surface area (Å²) in [6.45, 7) is 2.09. The summed E-state index contributed by atoms with van der Waals surface area (Å²) in [6.07, 6.45) is 5.15. The first-order chi connectivity index (χ1) is 4.84. The van der Waals surface area contributed by atoms with Crippen LogP contribution < -0.4 is 5.73 Å². The lowest BCUT2D eigenvalue weighted by Crippen LogP contribution is -2.09. The fourth-order valence-electron chi connectivity index (χ4n) is 0.852. The van der Waals surface area contributed by atoms with Crippen molar-refractivity contribution in [1.82, 2.24) is 4.98 Å². The first kappa shape index (κ1) is 7.28. The van der Waals surface area contributed by atoms with E-state index in [9.17, 15) is 0 Å². The highest BCUT2D eigenvalue weighted by Gasteiger charge is 2.07. The van der Waals surface area contributed by atoms with E-state index in [4.69, 9.17) is 10.2 Å². The Balaban J connectivity index is 2.50. The first-order valence-corrected chi connectivity index (χ1v) is 3.49. The van der Waals surface area contributed by atoms with Crippen molar-refractivity contribution in [2.24, 2.45) is 5.73 Å². The van der Waals surface area contributed by atoms with Gasteiger partial charge in [0.2, 0.25) is 5.89 Å². The molecule has 1 aromatic rings. The molecule has 1 unspecified atom stereocenters. The average Bonchev–Trinajstić information content (AvgIpc) is 2.38. The molecule has 0 aliphatic heterocycles. The number of hydrogen-bond acceptors (Lipinski definition) is 3. The molecular formula is C7H12N2O. The highest BCUT2D eigenvalue weighted by atomic mass is 16.3. The molecule has 0 amide bonds. The van der Waals surface area contributed by atoms with E-state index in [2.05, 4.69) is 11.9 Å². The number of oxazole rings is 1. The van der Waals surface area contributed by atoms with E-state index in [1.165, 1.54) is 0 Å². The van der Waals surface area contributed by atoms with Gasteiger partial charge < -0.3 is 10.2 Å². The second kappa shape index (κ2) is 3.37. The summed E-state index contributed by atoms with van der Waals surface area (Å²) in [6, 6.07) is -0.0278. The summed E-state index contributed by atoms with van der Waals surface area (Å²) in [7, 11) is 0. The lowest BCUT2D eigenvalue weighted by atomic mass is 10.2. The summed E-state index contributed by atoms with van der Waals surface area (Å²) in [5, 5.41) is 0. The maximum absolute atomic E-state index is 5.69. The van der Waals surface area contributed by atoms with E-state index in [1.54, 1.807) is 12.5 Å². The van der Waals surface area contributed by atoms with Crippen LogP contribution in [0.4, 0.5) is 0 Å². The molecule has 0 saturated heterocycles. The topological polar surface area (TPSA) is 52.0 Å². The molecule has 3 nitrogen and oxygen atoms in total. The van der Waals surface area contributed by atoms with Crippen LogP contribution in [0.3, 0.4) is 0 Å². The maximum Gasteiger partial charge on any atom is 0.210 e. The Morgan fingerprint density at radius 3 is 3.10 bits per heavy atom.